The van der Waals surface area contributed by atoms with Gasteiger partial charge in [0, 0.05) is 24.0 Å². The van der Waals surface area contributed by atoms with Gasteiger partial charge in [0.2, 0.25) is 0 Å². The highest BCUT2D eigenvalue weighted by atomic mass is 35.5. The van der Waals surface area contributed by atoms with Crippen LogP contribution in [0.15, 0.2) is 12.1 Å². The molecule has 0 aliphatic heterocycles. The van der Waals surface area contributed by atoms with Crippen molar-refractivity contribution in [3.8, 4) is 0 Å². The molecular weight excluding hydrogens is 270 g/mol. The fraction of sp³-hybridized carbons (Fsp3) is 0.625. The van der Waals surface area contributed by atoms with Crippen LogP contribution in [0.25, 0.3) is 11.2 Å². The summed E-state index contributed by atoms with van der Waals surface area (Å²) in [6.45, 7) is 2.05. The second-order valence-corrected chi connectivity index (χ2v) is 6.75. The van der Waals surface area contributed by atoms with Gasteiger partial charge < -0.3 is 4.57 Å². The molecule has 2 saturated carbocycles. The Bertz CT molecular complexity index is 648. The molecule has 0 saturated heterocycles. The van der Waals surface area contributed by atoms with Crippen LogP contribution in [-0.2, 0) is 6.42 Å². The number of rotatable bonds is 3. The summed E-state index contributed by atoms with van der Waals surface area (Å²) in [6.07, 6.45) is 6.34. The van der Waals surface area contributed by atoms with Gasteiger partial charge in [0.1, 0.15) is 11.3 Å². The summed E-state index contributed by atoms with van der Waals surface area (Å²) in [5.74, 6) is 3.51. The normalized spacial score (nSPS) is 28.6. The third-order valence-electron chi connectivity index (χ3n) is 5.10. The van der Waals surface area contributed by atoms with Crippen molar-refractivity contribution >= 4 is 22.8 Å². The van der Waals surface area contributed by atoms with E-state index in [0.29, 0.717) is 11.9 Å². The molecule has 2 bridgehead atoms. The molecule has 3 nitrogen and oxygen atoms in total. The van der Waals surface area contributed by atoms with E-state index in [1.165, 1.54) is 25.7 Å². The second-order valence-electron chi connectivity index (χ2n) is 6.37. The molecule has 2 aromatic rings. The molecule has 0 spiro atoms. The van der Waals surface area contributed by atoms with Crippen molar-refractivity contribution in [2.45, 2.75) is 45.1 Å². The molecule has 4 rings (SSSR count). The Morgan fingerprint density at radius 1 is 1.25 bits per heavy atom. The highest BCUT2D eigenvalue weighted by Crippen LogP contribution is 2.51. The minimum atomic E-state index is 0.603. The molecule has 2 aliphatic carbocycles. The van der Waals surface area contributed by atoms with E-state index >= 15 is 0 Å². The summed E-state index contributed by atoms with van der Waals surface area (Å²) in [4.78, 5) is 9.55. The van der Waals surface area contributed by atoms with Crippen molar-refractivity contribution < 1.29 is 0 Å². The molecule has 2 heterocycles. The van der Waals surface area contributed by atoms with E-state index in [2.05, 4.69) is 17.6 Å². The highest BCUT2D eigenvalue weighted by molar-refractivity contribution is 6.17. The van der Waals surface area contributed by atoms with Crippen molar-refractivity contribution in [3.63, 3.8) is 0 Å². The molecule has 0 radical (unpaired) electrons. The molecule has 106 valence electrons. The van der Waals surface area contributed by atoms with Crippen LogP contribution in [-0.4, -0.2) is 20.4 Å². The second kappa shape index (κ2) is 4.73. The van der Waals surface area contributed by atoms with Gasteiger partial charge in [0.15, 0.2) is 5.65 Å². The summed E-state index contributed by atoms with van der Waals surface area (Å²) < 4.78 is 2.43. The largest absolute Gasteiger partial charge is 0.309 e. The smallest absolute Gasteiger partial charge is 0.160 e. The van der Waals surface area contributed by atoms with Gasteiger partial charge in [-0.1, -0.05) is 6.42 Å². The van der Waals surface area contributed by atoms with Crippen molar-refractivity contribution in [1.82, 2.24) is 14.5 Å². The number of fused-ring (bicyclic) bond motifs is 3. The number of hydrogen-bond donors (Lipinski definition) is 0. The molecule has 2 fully saturated rings. The van der Waals surface area contributed by atoms with Crippen LogP contribution >= 0.6 is 11.6 Å². The maximum absolute atomic E-state index is 5.98. The average molecular weight is 290 g/mol. The molecule has 3 atom stereocenters. The van der Waals surface area contributed by atoms with Crippen molar-refractivity contribution in [3.05, 3.63) is 23.7 Å². The number of aromatic nitrogens is 3. The summed E-state index contributed by atoms with van der Waals surface area (Å²) >= 11 is 5.98. The molecule has 2 aromatic heterocycles. The third kappa shape index (κ3) is 1.86. The molecule has 4 heteroatoms. The van der Waals surface area contributed by atoms with Crippen LogP contribution < -0.4 is 0 Å². The van der Waals surface area contributed by atoms with E-state index in [1.54, 1.807) is 0 Å². The number of nitrogens with zero attached hydrogens (tertiary/aromatic N) is 3. The Morgan fingerprint density at radius 3 is 2.85 bits per heavy atom. The van der Waals surface area contributed by atoms with Crippen LogP contribution in [0.4, 0.5) is 0 Å². The topological polar surface area (TPSA) is 30.7 Å². The van der Waals surface area contributed by atoms with E-state index in [1.807, 2.05) is 6.07 Å². The number of hydrogen-bond acceptors (Lipinski definition) is 2. The fourth-order valence-corrected chi connectivity index (χ4v) is 4.42. The van der Waals surface area contributed by atoms with Crippen LogP contribution in [0.1, 0.15) is 43.2 Å². The number of aryl methyl sites for hydroxylation is 2. The van der Waals surface area contributed by atoms with Gasteiger partial charge in [0.25, 0.3) is 0 Å². The zero-order valence-electron chi connectivity index (χ0n) is 11.8. The molecule has 2 aliphatic rings. The predicted molar refractivity (Wildman–Crippen MR) is 81.2 cm³/mol. The summed E-state index contributed by atoms with van der Waals surface area (Å²) in [6, 6.07) is 4.75. The molecular formula is C16H20ClN3. The lowest BCUT2D eigenvalue weighted by Gasteiger charge is -2.25. The lowest BCUT2D eigenvalue weighted by Crippen LogP contribution is -2.19. The Balaban J connectivity index is 1.86. The monoisotopic (exact) mass is 289 g/mol. The van der Waals surface area contributed by atoms with Gasteiger partial charge in [-0.15, -0.1) is 11.6 Å². The predicted octanol–water partition coefficient (Wildman–Crippen LogP) is 3.88. The number of imidazole rings is 1. The first-order valence-electron chi connectivity index (χ1n) is 7.66. The zero-order valence-corrected chi connectivity index (χ0v) is 12.6. The molecule has 3 unspecified atom stereocenters. The third-order valence-corrected chi connectivity index (χ3v) is 5.29. The fourth-order valence-electron chi connectivity index (χ4n) is 4.25. The van der Waals surface area contributed by atoms with E-state index in [0.717, 1.165) is 40.9 Å². The van der Waals surface area contributed by atoms with Gasteiger partial charge in [0.05, 0.1) is 0 Å². The van der Waals surface area contributed by atoms with Gasteiger partial charge in [-0.05, 0) is 50.2 Å². The van der Waals surface area contributed by atoms with Crippen LogP contribution in [0.2, 0.25) is 0 Å². The standard InChI is InChI=1S/C16H20ClN3/c1-10-2-5-13-16(18-10)20(15(19-13)6-7-17)14-9-11-3-4-12(14)8-11/h2,5,11-12,14H,3-4,6-9H2,1H3. The number of pyridine rings is 1. The van der Waals surface area contributed by atoms with Gasteiger partial charge in [-0.3, -0.25) is 0 Å². The minimum Gasteiger partial charge on any atom is -0.309 e. The molecule has 20 heavy (non-hydrogen) atoms. The van der Waals surface area contributed by atoms with Gasteiger partial charge in [-0.2, -0.15) is 0 Å². The van der Waals surface area contributed by atoms with E-state index in [-0.39, 0.29) is 0 Å². The molecule has 0 amide bonds. The van der Waals surface area contributed by atoms with Crippen molar-refractivity contribution in [2.75, 3.05) is 5.88 Å². The maximum Gasteiger partial charge on any atom is 0.160 e. The summed E-state index contributed by atoms with van der Waals surface area (Å²) in [5, 5.41) is 0. The highest BCUT2D eigenvalue weighted by Gasteiger charge is 2.41. The van der Waals surface area contributed by atoms with Crippen LogP contribution in [0, 0.1) is 18.8 Å². The Hall–Kier alpha value is -1.09. The Labute approximate surface area is 124 Å². The van der Waals surface area contributed by atoms with Crippen LogP contribution in [0.3, 0.4) is 0 Å². The minimum absolute atomic E-state index is 0.603. The first-order valence-corrected chi connectivity index (χ1v) is 8.20. The first-order chi connectivity index (χ1) is 9.76. The lowest BCUT2D eigenvalue weighted by atomic mass is 9.95. The van der Waals surface area contributed by atoms with E-state index in [9.17, 15) is 0 Å². The average Bonchev–Trinajstić information content (AvgIpc) is 3.11. The SMILES string of the molecule is Cc1ccc2nc(CCCl)n(C3CC4CCC3C4)c2n1. The van der Waals surface area contributed by atoms with Crippen LogP contribution in [0.5, 0.6) is 0 Å². The number of halogens is 1. The quantitative estimate of drug-likeness (QED) is 0.803. The maximum atomic E-state index is 5.98. The van der Waals surface area contributed by atoms with Crippen molar-refractivity contribution in [1.29, 1.82) is 0 Å². The summed E-state index contributed by atoms with van der Waals surface area (Å²) in [7, 11) is 0. The Morgan fingerprint density at radius 2 is 2.15 bits per heavy atom. The van der Waals surface area contributed by atoms with Gasteiger partial charge in [-0.25, -0.2) is 9.97 Å². The summed E-state index contributed by atoms with van der Waals surface area (Å²) in [5.41, 5.74) is 3.17. The lowest BCUT2D eigenvalue weighted by molar-refractivity contribution is 0.328. The first kappa shape index (κ1) is 12.6. The van der Waals surface area contributed by atoms with Gasteiger partial charge >= 0.3 is 0 Å². The number of alkyl halides is 1. The Kier molecular flexibility index (Phi) is 2.99. The zero-order chi connectivity index (χ0) is 13.7. The van der Waals surface area contributed by atoms with E-state index in [4.69, 9.17) is 21.6 Å². The molecule has 0 N–H and O–H groups in total. The molecule has 0 aromatic carbocycles. The van der Waals surface area contributed by atoms with Crippen molar-refractivity contribution in [2.24, 2.45) is 11.8 Å². The van der Waals surface area contributed by atoms with E-state index < -0.39 is 0 Å².